The number of hydrogen-bond donors (Lipinski definition) is 1. The summed E-state index contributed by atoms with van der Waals surface area (Å²) in [5, 5.41) is 0. The van der Waals surface area contributed by atoms with Crippen molar-refractivity contribution in [2.24, 2.45) is 11.7 Å². The van der Waals surface area contributed by atoms with Gasteiger partial charge in [-0.25, -0.2) is 0 Å². The summed E-state index contributed by atoms with van der Waals surface area (Å²) >= 11 is 0. The molecule has 1 saturated carbocycles. The molecule has 1 heterocycles. The Morgan fingerprint density at radius 1 is 1.42 bits per heavy atom. The summed E-state index contributed by atoms with van der Waals surface area (Å²) in [5.74, 6) is 0.809. The number of nitrogens with two attached hydrogens (primary N) is 1. The van der Waals surface area contributed by atoms with Gasteiger partial charge in [0.25, 0.3) is 0 Å². The zero-order valence-corrected chi connectivity index (χ0v) is 8.21. The minimum Gasteiger partial charge on any atom is -0.325 e. The van der Waals surface area contributed by atoms with E-state index in [1.54, 1.807) is 0 Å². The molecule has 2 nitrogen and oxygen atoms in total. The van der Waals surface area contributed by atoms with E-state index in [0.717, 1.165) is 12.0 Å². The van der Waals surface area contributed by atoms with Gasteiger partial charge in [-0.1, -0.05) is 0 Å². The van der Waals surface area contributed by atoms with Crippen LogP contribution >= 0.6 is 0 Å². The van der Waals surface area contributed by atoms with E-state index in [-0.39, 0.29) is 5.54 Å². The van der Waals surface area contributed by atoms with Crippen LogP contribution in [0.15, 0.2) is 0 Å². The van der Waals surface area contributed by atoms with E-state index in [0.29, 0.717) is 0 Å². The van der Waals surface area contributed by atoms with Crippen molar-refractivity contribution in [2.75, 3.05) is 13.6 Å². The van der Waals surface area contributed by atoms with Gasteiger partial charge in [-0.3, -0.25) is 0 Å². The largest absolute Gasteiger partial charge is 0.325 e. The maximum Gasteiger partial charge on any atom is 0.0185 e. The van der Waals surface area contributed by atoms with Gasteiger partial charge < -0.3 is 10.6 Å². The molecule has 2 heteroatoms. The Balaban J connectivity index is 1.94. The Labute approximate surface area is 75.1 Å². The molecule has 70 valence electrons. The normalized spacial score (nSPS) is 41.2. The van der Waals surface area contributed by atoms with Crippen LogP contribution in [-0.4, -0.2) is 30.1 Å². The molecule has 2 N–H and O–H groups in total. The van der Waals surface area contributed by atoms with Crippen LogP contribution < -0.4 is 5.73 Å². The highest BCUT2D eigenvalue weighted by Gasteiger charge is 2.46. The predicted molar refractivity (Wildman–Crippen MR) is 51.0 cm³/mol. The highest BCUT2D eigenvalue weighted by Crippen LogP contribution is 2.45. The molecule has 2 fully saturated rings. The Morgan fingerprint density at radius 3 is 2.58 bits per heavy atom. The fourth-order valence-corrected chi connectivity index (χ4v) is 2.36. The van der Waals surface area contributed by atoms with Crippen molar-refractivity contribution in [3.63, 3.8) is 0 Å². The molecule has 0 amide bonds. The zero-order chi connectivity index (χ0) is 8.77. The summed E-state index contributed by atoms with van der Waals surface area (Å²) in [5.41, 5.74) is 6.47. The Kier molecular flexibility index (Phi) is 1.92. The first-order valence-corrected chi connectivity index (χ1v) is 5.11. The first-order valence-electron chi connectivity index (χ1n) is 5.11. The lowest BCUT2D eigenvalue weighted by atomic mass is 9.84. The van der Waals surface area contributed by atoms with Crippen molar-refractivity contribution in [2.45, 2.75) is 44.2 Å². The number of nitrogens with zero attached hydrogens (tertiary/aromatic N) is 1. The molecule has 0 aromatic rings. The second kappa shape index (κ2) is 2.71. The van der Waals surface area contributed by atoms with Crippen LogP contribution in [-0.2, 0) is 0 Å². The van der Waals surface area contributed by atoms with Gasteiger partial charge in [-0.15, -0.1) is 0 Å². The third-order valence-corrected chi connectivity index (χ3v) is 3.85. The van der Waals surface area contributed by atoms with Crippen molar-refractivity contribution < 1.29 is 0 Å². The zero-order valence-electron chi connectivity index (χ0n) is 8.21. The average molecular weight is 168 g/mol. The van der Waals surface area contributed by atoms with Crippen molar-refractivity contribution in [3.05, 3.63) is 0 Å². The number of piperidine rings is 1. The van der Waals surface area contributed by atoms with Crippen LogP contribution in [0.4, 0.5) is 0 Å². The maximum absolute atomic E-state index is 6.21. The van der Waals surface area contributed by atoms with Gasteiger partial charge in [-0.05, 0) is 52.1 Å². The first-order chi connectivity index (χ1) is 5.62. The lowest BCUT2D eigenvalue weighted by molar-refractivity contribution is 0.134. The molecule has 1 aliphatic heterocycles. The highest BCUT2D eigenvalue weighted by atomic mass is 15.1. The standard InChI is InChI=1S/C10H20N2/c1-8-7-9(3-6-12(8)2)10(11)4-5-10/h8-9H,3-7,11H2,1-2H3. The Bertz CT molecular complexity index is 175. The van der Waals surface area contributed by atoms with Crippen LogP contribution in [0.5, 0.6) is 0 Å². The molecule has 0 spiro atoms. The number of rotatable bonds is 1. The van der Waals surface area contributed by atoms with Crippen LogP contribution in [0.3, 0.4) is 0 Å². The van der Waals surface area contributed by atoms with Crippen LogP contribution in [0.2, 0.25) is 0 Å². The fraction of sp³-hybridized carbons (Fsp3) is 1.00. The summed E-state index contributed by atoms with van der Waals surface area (Å²) < 4.78 is 0. The second-order valence-electron chi connectivity index (χ2n) is 4.78. The van der Waals surface area contributed by atoms with Gasteiger partial charge in [0.05, 0.1) is 0 Å². The lowest BCUT2D eigenvalue weighted by Crippen LogP contribution is -2.45. The molecule has 2 atom stereocenters. The van der Waals surface area contributed by atoms with Crippen molar-refractivity contribution in [1.29, 1.82) is 0 Å². The lowest BCUT2D eigenvalue weighted by Gasteiger charge is -2.37. The third-order valence-electron chi connectivity index (χ3n) is 3.85. The minimum atomic E-state index is 0.259. The SMILES string of the molecule is CC1CC(C2(N)CC2)CCN1C. The number of hydrogen-bond acceptors (Lipinski definition) is 2. The quantitative estimate of drug-likeness (QED) is 0.637. The van der Waals surface area contributed by atoms with Gasteiger partial charge in [0.15, 0.2) is 0 Å². The molecule has 2 aliphatic rings. The topological polar surface area (TPSA) is 29.3 Å². The highest BCUT2D eigenvalue weighted by molar-refractivity contribution is 5.05. The molecule has 2 unspecified atom stereocenters. The molecule has 0 bridgehead atoms. The van der Waals surface area contributed by atoms with Gasteiger partial charge in [0.1, 0.15) is 0 Å². The fourth-order valence-electron chi connectivity index (χ4n) is 2.36. The molecule has 1 aliphatic carbocycles. The third kappa shape index (κ3) is 1.38. The van der Waals surface area contributed by atoms with E-state index in [4.69, 9.17) is 5.73 Å². The maximum atomic E-state index is 6.21. The van der Waals surface area contributed by atoms with Gasteiger partial charge >= 0.3 is 0 Å². The van der Waals surface area contributed by atoms with E-state index in [9.17, 15) is 0 Å². The van der Waals surface area contributed by atoms with E-state index < -0.39 is 0 Å². The molecule has 1 saturated heterocycles. The first kappa shape index (κ1) is 8.52. The monoisotopic (exact) mass is 168 g/mol. The summed E-state index contributed by atoms with van der Waals surface area (Å²) in [7, 11) is 2.22. The number of likely N-dealkylation sites (tertiary alicyclic amines) is 1. The Morgan fingerprint density at radius 2 is 2.08 bits per heavy atom. The molecule has 0 radical (unpaired) electrons. The molecule has 0 aromatic carbocycles. The molecule has 2 rings (SSSR count). The van der Waals surface area contributed by atoms with Gasteiger partial charge in [0.2, 0.25) is 0 Å². The molecular formula is C10H20N2. The second-order valence-corrected chi connectivity index (χ2v) is 4.78. The predicted octanol–water partition coefficient (Wildman–Crippen LogP) is 1.21. The van der Waals surface area contributed by atoms with E-state index in [2.05, 4.69) is 18.9 Å². The summed E-state index contributed by atoms with van der Waals surface area (Å²) in [4.78, 5) is 2.45. The summed E-state index contributed by atoms with van der Waals surface area (Å²) in [6, 6.07) is 0.741. The van der Waals surface area contributed by atoms with Gasteiger partial charge in [0, 0.05) is 11.6 Å². The van der Waals surface area contributed by atoms with E-state index in [1.165, 1.54) is 32.2 Å². The summed E-state index contributed by atoms with van der Waals surface area (Å²) in [6.45, 7) is 3.56. The van der Waals surface area contributed by atoms with Crippen LogP contribution in [0, 0.1) is 5.92 Å². The van der Waals surface area contributed by atoms with Crippen molar-refractivity contribution in [1.82, 2.24) is 4.90 Å². The van der Waals surface area contributed by atoms with Gasteiger partial charge in [-0.2, -0.15) is 0 Å². The Hall–Kier alpha value is -0.0800. The van der Waals surface area contributed by atoms with Crippen molar-refractivity contribution >= 4 is 0 Å². The van der Waals surface area contributed by atoms with Crippen molar-refractivity contribution in [3.8, 4) is 0 Å². The summed E-state index contributed by atoms with van der Waals surface area (Å²) in [6.07, 6.45) is 5.17. The van der Waals surface area contributed by atoms with Crippen LogP contribution in [0.25, 0.3) is 0 Å². The minimum absolute atomic E-state index is 0.259. The molecule has 12 heavy (non-hydrogen) atoms. The smallest absolute Gasteiger partial charge is 0.0185 e. The van der Waals surface area contributed by atoms with E-state index in [1.807, 2.05) is 0 Å². The molecular weight excluding hydrogens is 148 g/mol. The van der Waals surface area contributed by atoms with E-state index >= 15 is 0 Å². The molecule has 0 aromatic heterocycles. The average Bonchev–Trinajstić information content (AvgIpc) is 2.75. The van der Waals surface area contributed by atoms with Crippen LogP contribution in [0.1, 0.15) is 32.6 Å².